The summed E-state index contributed by atoms with van der Waals surface area (Å²) in [5, 5.41) is 29.3. The van der Waals surface area contributed by atoms with Gasteiger partial charge in [-0.25, -0.2) is 9.59 Å². The molecule has 2 aromatic carbocycles. The Labute approximate surface area is 172 Å². The predicted octanol–water partition coefficient (Wildman–Crippen LogP) is 3.67. The fraction of sp³-hybridized carbons (Fsp3) is 0.333. The maximum absolute atomic E-state index is 11.3. The van der Waals surface area contributed by atoms with E-state index in [1.54, 1.807) is 30.3 Å². The van der Waals surface area contributed by atoms with Crippen LogP contribution in [0.15, 0.2) is 42.5 Å². The molecule has 1 aliphatic rings. The van der Waals surface area contributed by atoms with Crippen LogP contribution in [0, 0.1) is 5.92 Å². The third-order valence-corrected chi connectivity index (χ3v) is 5.06. The second kappa shape index (κ2) is 8.31. The van der Waals surface area contributed by atoms with Crippen LogP contribution in [0.4, 0.5) is 0 Å². The molecule has 7 nitrogen and oxygen atoms in total. The number of hydrogen-bond donors (Lipinski definition) is 3. The highest BCUT2D eigenvalue weighted by atomic mass is 35.5. The SMILES string of the molecule is C[C@@H](CC[C@H](O)c1cccc(Cl)c1)Cc1ccc2c(c1)OC(C(=O)O)(C(=O)O)O2. The summed E-state index contributed by atoms with van der Waals surface area (Å²) in [6.45, 7) is 2.04. The Morgan fingerprint density at radius 3 is 2.38 bits per heavy atom. The first kappa shape index (κ1) is 21.0. The van der Waals surface area contributed by atoms with Gasteiger partial charge in [-0.3, -0.25) is 0 Å². The molecule has 0 unspecified atom stereocenters. The van der Waals surface area contributed by atoms with Crippen LogP contribution in [0.5, 0.6) is 11.5 Å². The number of fused-ring (bicyclic) bond motifs is 1. The zero-order valence-corrected chi connectivity index (χ0v) is 16.4. The first-order valence-electron chi connectivity index (χ1n) is 9.12. The molecular formula is C21H21ClO7. The molecule has 2 atom stereocenters. The van der Waals surface area contributed by atoms with E-state index in [-0.39, 0.29) is 17.4 Å². The van der Waals surface area contributed by atoms with Crippen LogP contribution >= 0.6 is 11.6 Å². The molecule has 0 fully saturated rings. The smallest absolute Gasteiger partial charge is 0.453 e. The second-order valence-electron chi connectivity index (χ2n) is 7.17. The van der Waals surface area contributed by atoms with E-state index in [9.17, 15) is 24.9 Å². The number of carboxylic acid groups (broad SMARTS) is 2. The molecule has 0 aromatic heterocycles. The maximum Gasteiger partial charge on any atom is 0.453 e. The van der Waals surface area contributed by atoms with Gasteiger partial charge in [0.15, 0.2) is 11.5 Å². The van der Waals surface area contributed by atoms with E-state index >= 15 is 0 Å². The maximum atomic E-state index is 11.3. The number of ether oxygens (including phenoxy) is 2. The summed E-state index contributed by atoms with van der Waals surface area (Å²) in [5.74, 6) is -5.85. The van der Waals surface area contributed by atoms with E-state index in [0.29, 0.717) is 17.9 Å². The van der Waals surface area contributed by atoms with E-state index < -0.39 is 23.8 Å². The first-order valence-corrected chi connectivity index (χ1v) is 9.50. The number of halogens is 1. The molecule has 0 spiro atoms. The van der Waals surface area contributed by atoms with Crippen molar-refractivity contribution < 1.29 is 34.4 Å². The molecule has 3 N–H and O–H groups in total. The fourth-order valence-corrected chi connectivity index (χ4v) is 3.47. The molecule has 0 saturated heterocycles. The van der Waals surface area contributed by atoms with E-state index in [2.05, 4.69) is 0 Å². The second-order valence-corrected chi connectivity index (χ2v) is 7.61. The third kappa shape index (κ3) is 4.46. The Morgan fingerprint density at radius 1 is 1.03 bits per heavy atom. The van der Waals surface area contributed by atoms with Gasteiger partial charge in [-0.05, 0) is 60.6 Å². The molecule has 3 rings (SSSR count). The van der Waals surface area contributed by atoms with Crippen LogP contribution in [0.1, 0.15) is 37.0 Å². The van der Waals surface area contributed by atoms with E-state index in [1.165, 1.54) is 6.07 Å². The quantitative estimate of drug-likeness (QED) is 0.558. The summed E-state index contributed by atoms with van der Waals surface area (Å²) < 4.78 is 10.2. The number of aliphatic carboxylic acids is 2. The average molecular weight is 421 g/mol. The van der Waals surface area contributed by atoms with Gasteiger partial charge in [0.2, 0.25) is 0 Å². The Kier molecular flexibility index (Phi) is 6.00. The van der Waals surface area contributed by atoms with Crippen LogP contribution in [0.25, 0.3) is 0 Å². The monoisotopic (exact) mass is 420 g/mol. The first-order chi connectivity index (χ1) is 13.7. The number of carbonyl (C=O) groups is 2. The molecule has 0 aliphatic carbocycles. The fourth-order valence-electron chi connectivity index (χ4n) is 3.27. The van der Waals surface area contributed by atoms with E-state index in [0.717, 1.165) is 17.5 Å². The van der Waals surface area contributed by atoms with E-state index in [4.69, 9.17) is 21.1 Å². The van der Waals surface area contributed by atoms with Gasteiger partial charge in [0.1, 0.15) is 0 Å². The van der Waals surface area contributed by atoms with Gasteiger partial charge in [0, 0.05) is 5.02 Å². The van der Waals surface area contributed by atoms with Crippen LogP contribution in [0.2, 0.25) is 5.02 Å². The third-order valence-electron chi connectivity index (χ3n) is 4.83. The summed E-state index contributed by atoms with van der Waals surface area (Å²) >= 11 is 5.96. The van der Waals surface area contributed by atoms with Gasteiger partial charge in [-0.2, -0.15) is 0 Å². The van der Waals surface area contributed by atoms with Gasteiger partial charge in [-0.1, -0.05) is 36.7 Å². The van der Waals surface area contributed by atoms with Crippen molar-refractivity contribution >= 4 is 23.5 Å². The molecule has 1 heterocycles. The lowest BCUT2D eigenvalue weighted by Gasteiger charge is -2.17. The number of carboxylic acids is 2. The normalized spacial score (nSPS) is 16.2. The summed E-state index contributed by atoms with van der Waals surface area (Å²) in [5.41, 5.74) is 1.62. The molecular weight excluding hydrogens is 400 g/mol. The van der Waals surface area contributed by atoms with Gasteiger partial charge in [-0.15, -0.1) is 0 Å². The van der Waals surface area contributed by atoms with E-state index in [1.807, 2.05) is 13.0 Å². The molecule has 0 bridgehead atoms. The molecule has 2 aromatic rings. The minimum absolute atomic E-state index is 0.0718. The molecule has 1 aliphatic heterocycles. The molecule has 154 valence electrons. The Balaban J connectivity index is 1.61. The van der Waals surface area contributed by atoms with Crippen molar-refractivity contribution in [3.63, 3.8) is 0 Å². The van der Waals surface area contributed by atoms with Crippen molar-refractivity contribution in [2.24, 2.45) is 5.92 Å². The number of hydrogen-bond acceptors (Lipinski definition) is 5. The van der Waals surface area contributed by atoms with Crippen molar-refractivity contribution in [1.82, 2.24) is 0 Å². The van der Waals surface area contributed by atoms with Crippen molar-refractivity contribution in [3.05, 3.63) is 58.6 Å². The molecule has 29 heavy (non-hydrogen) atoms. The van der Waals surface area contributed by atoms with Crippen LogP contribution in [-0.4, -0.2) is 33.0 Å². The lowest BCUT2D eigenvalue weighted by atomic mass is 9.93. The van der Waals surface area contributed by atoms with Crippen molar-refractivity contribution in [3.8, 4) is 11.5 Å². The summed E-state index contributed by atoms with van der Waals surface area (Å²) in [6, 6.07) is 12.0. The summed E-state index contributed by atoms with van der Waals surface area (Å²) in [7, 11) is 0. The largest absolute Gasteiger partial charge is 0.475 e. The van der Waals surface area contributed by atoms with Crippen LogP contribution in [-0.2, 0) is 16.0 Å². The zero-order valence-electron chi connectivity index (χ0n) is 15.7. The topological polar surface area (TPSA) is 113 Å². The summed E-state index contributed by atoms with van der Waals surface area (Å²) in [4.78, 5) is 22.6. The van der Waals surface area contributed by atoms with Crippen molar-refractivity contribution in [2.75, 3.05) is 0 Å². The number of aliphatic hydroxyl groups excluding tert-OH is 1. The minimum atomic E-state index is -2.76. The van der Waals surface area contributed by atoms with Crippen molar-refractivity contribution in [1.29, 1.82) is 0 Å². The summed E-state index contributed by atoms with van der Waals surface area (Å²) in [6.07, 6.45) is 1.34. The van der Waals surface area contributed by atoms with Crippen molar-refractivity contribution in [2.45, 2.75) is 38.1 Å². The Morgan fingerprint density at radius 2 is 1.72 bits per heavy atom. The highest BCUT2D eigenvalue weighted by Gasteiger charge is 2.57. The number of benzene rings is 2. The number of rotatable bonds is 8. The molecule has 8 heteroatoms. The average Bonchev–Trinajstić information content (AvgIpc) is 3.06. The van der Waals surface area contributed by atoms with Crippen LogP contribution in [0.3, 0.4) is 0 Å². The predicted molar refractivity (Wildman–Crippen MR) is 104 cm³/mol. The standard InChI is InChI=1S/C21H21ClO7/c1-12(5-7-16(23)14-3-2-4-15(22)11-14)9-13-6-8-17-18(10-13)29-21(28-17,19(24)25)20(26)27/h2-4,6,8,10-12,16,23H,5,7,9H2,1H3,(H,24,25)(H,26,27)/t12-,16-/m0/s1. The van der Waals surface area contributed by atoms with Crippen LogP contribution < -0.4 is 9.47 Å². The molecule has 0 saturated carbocycles. The lowest BCUT2D eigenvalue weighted by Crippen LogP contribution is -2.54. The zero-order chi connectivity index (χ0) is 21.2. The highest BCUT2D eigenvalue weighted by Crippen LogP contribution is 2.41. The lowest BCUT2D eigenvalue weighted by molar-refractivity contribution is -0.194. The van der Waals surface area contributed by atoms with Gasteiger partial charge >= 0.3 is 17.7 Å². The Hall–Kier alpha value is -2.77. The minimum Gasteiger partial charge on any atom is -0.475 e. The number of aliphatic hydroxyl groups is 1. The molecule has 0 amide bonds. The van der Waals surface area contributed by atoms with Gasteiger partial charge in [0.25, 0.3) is 0 Å². The highest BCUT2D eigenvalue weighted by molar-refractivity contribution is 6.30. The molecule has 0 radical (unpaired) electrons. The van der Waals surface area contributed by atoms with Gasteiger partial charge in [0.05, 0.1) is 6.10 Å². The Bertz CT molecular complexity index is 913. The van der Waals surface area contributed by atoms with Gasteiger partial charge < -0.3 is 24.8 Å².